The first-order chi connectivity index (χ1) is 15.0. The van der Waals surface area contributed by atoms with Crippen LogP contribution in [0.25, 0.3) is 11.0 Å². The summed E-state index contributed by atoms with van der Waals surface area (Å²) in [6.07, 6.45) is 5.86. The number of rotatable bonds is 7. The van der Waals surface area contributed by atoms with E-state index in [1.807, 2.05) is 61.5 Å². The first-order valence-electron chi connectivity index (χ1n) is 10.8. The number of hydrogen-bond donors (Lipinski definition) is 3. The number of amides is 2. The van der Waals surface area contributed by atoms with E-state index in [4.69, 9.17) is 0 Å². The maximum absolute atomic E-state index is 13.1. The van der Waals surface area contributed by atoms with Crippen molar-refractivity contribution in [3.63, 3.8) is 0 Å². The second-order valence-electron chi connectivity index (χ2n) is 8.37. The summed E-state index contributed by atoms with van der Waals surface area (Å²) in [4.78, 5) is 35.4. The molecule has 4 rings (SSSR count). The normalized spacial score (nSPS) is 17.5. The number of aromatic nitrogens is 2. The van der Waals surface area contributed by atoms with E-state index in [1.54, 1.807) is 6.20 Å². The number of H-pyrrole nitrogens is 1. The van der Waals surface area contributed by atoms with Gasteiger partial charge in [0, 0.05) is 30.7 Å². The third kappa shape index (κ3) is 5.11. The van der Waals surface area contributed by atoms with E-state index in [0.29, 0.717) is 13.0 Å². The van der Waals surface area contributed by atoms with E-state index in [-0.39, 0.29) is 17.9 Å². The molecule has 0 saturated carbocycles. The molecule has 2 amide bonds. The lowest BCUT2D eigenvalue weighted by Gasteiger charge is -2.24. The van der Waals surface area contributed by atoms with Crippen LogP contribution in [-0.4, -0.2) is 52.4 Å². The summed E-state index contributed by atoms with van der Waals surface area (Å²) < 4.78 is 0. The molecule has 31 heavy (non-hydrogen) atoms. The molecule has 3 aromatic rings. The Morgan fingerprint density at radius 1 is 1.23 bits per heavy atom. The van der Waals surface area contributed by atoms with Crippen molar-refractivity contribution in [3.8, 4) is 0 Å². The number of nitrogens with zero attached hydrogens (tertiary/aromatic N) is 2. The van der Waals surface area contributed by atoms with E-state index in [0.717, 1.165) is 47.1 Å². The number of aromatic amines is 1. The van der Waals surface area contributed by atoms with E-state index in [2.05, 4.69) is 20.6 Å². The van der Waals surface area contributed by atoms with E-state index >= 15 is 0 Å². The largest absolute Gasteiger partial charge is 0.350 e. The number of carbonyl (C=O) groups excluding carboxylic acids is 2. The standard InChI is InChI=1S/C24H29N5O2/c1-16-5-7-17(8-6-16)13-20(28-24(31)21-4-3-11-29(21)2)23(30)27-15-18-12-19-9-10-25-22(19)26-14-18/h5-10,12,14,20-21H,3-4,11,13,15H2,1-2H3,(H,25,26)(H,27,30)(H,28,31)/t20-,21+/m0/s1. The van der Waals surface area contributed by atoms with Gasteiger partial charge in [-0.05, 0) is 56.6 Å². The average Bonchev–Trinajstić information content (AvgIpc) is 3.41. The highest BCUT2D eigenvalue weighted by atomic mass is 16.2. The van der Waals surface area contributed by atoms with Crippen molar-refractivity contribution in [3.05, 3.63) is 65.5 Å². The third-order valence-electron chi connectivity index (χ3n) is 5.94. The summed E-state index contributed by atoms with van der Waals surface area (Å²) in [5, 5.41) is 6.98. The van der Waals surface area contributed by atoms with Crippen molar-refractivity contribution in [1.29, 1.82) is 0 Å². The Bertz CT molecular complexity index is 1060. The monoisotopic (exact) mass is 419 g/mol. The van der Waals surface area contributed by atoms with E-state index in [1.165, 1.54) is 0 Å². The highest BCUT2D eigenvalue weighted by Gasteiger charge is 2.31. The molecule has 162 valence electrons. The van der Waals surface area contributed by atoms with E-state index < -0.39 is 6.04 Å². The van der Waals surface area contributed by atoms with Gasteiger partial charge in [-0.1, -0.05) is 29.8 Å². The molecular formula is C24H29N5O2. The lowest BCUT2D eigenvalue weighted by atomic mass is 10.0. The molecule has 7 nitrogen and oxygen atoms in total. The van der Waals surface area contributed by atoms with Gasteiger partial charge < -0.3 is 15.6 Å². The molecule has 1 aliphatic rings. The van der Waals surface area contributed by atoms with Crippen LogP contribution in [0.2, 0.25) is 0 Å². The fourth-order valence-corrected chi connectivity index (χ4v) is 4.07. The minimum atomic E-state index is -0.631. The topological polar surface area (TPSA) is 90.1 Å². The fraction of sp³-hybridized carbons (Fsp3) is 0.375. The number of pyridine rings is 1. The number of fused-ring (bicyclic) bond motifs is 1. The van der Waals surface area contributed by atoms with Crippen LogP contribution in [0.5, 0.6) is 0 Å². The molecule has 1 aliphatic heterocycles. The van der Waals surface area contributed by atoms with Crippen LogP contribution in [0.3, 0.4) is 0 Å². The van der Waals surface area contributed by atoms with Crippen LogP contribution in [0, 0.1) is 6.92 Å². The van der Waals surface area contributed by atoms with Gasteiger partial charge >= 0.3 is 0 Å². The summed E-state index contributed by atoms with van der Waals surface area (Å²) in [5.41, 5.74) is 3.91. The summed E-state index contributed by atoms with van der Waals surface area (Å²) in [5.74, 6) is -0.272. The molecule has 3 N–H and O–H groups in total. The molecule has 0 radical (unpaired) electrons. The first kappa shape index (κ1) is 21.1. The smallest absolute Gasteiger partial charge is 0.243 e. The van der Waals surface area contributed by atoms with Gasteiger partial charge in [-0.25, -0.2) is 4.98 Å². The molecule has 0 unspecified atom stereocenters. The minimum absolute atomic E-state index is 0.0809. The average molecular weight is 420 g/mol. The van der Waals surface area contributed by atoms with Gasteiger partial charge in [0.2, 0.25) is 11.8 Å². The van der Waals surface area contributed by atoms with Gasteiger partial charge in [0.25, 0.3) is 0 Å². The maximum Gasteiger partial charge on any atom is 0.243 e. The second-order valence-corrected chi connectivity index (χ2v) is 8.37. The molecule has 0 spiro atoms. The van der Waals surface area contributed by atoms with E-state index in [9.17, 15) is 9.59 Å². The third-order valence-corrected chi connectivity index (χ3v) is 5.94. The Morgan fingerprint density at radius 2 is 2.03 bits per heavy atom. The molecule has 1 fully saturated rings. The minimum Gasteiger partial charge on any atom is -0.350 e. The molecule has 3 heterocycles. The zero-order valence-corrected chi connectivity index (χ0v) is 18.0. The number of likely N-dealkylation sites (N-methyl/N-ethyl adjacent to an activating group) is 1. The summed E-state index contributed by atoms with van der Waals surface area (Å²) in [6, 6.07) is 11.2. The van der Waals surface area contributed by atoms with Crippen molar-refractivity contribution in [1.82, 2.24) is 25.5 Å². The fourth-order valence-electron chi connectivity index (χ4n) is 4.07. The van der Waals surface area contributed by atoms with Gasteiger partial charge in [-0.15, -0.1) is 0 Å². The number of likely N-dealkylation sites (tertiary alicyclic amines) is 1. The van der Waals surface area contributed by atoms with Gasteiger partial charge in [0.05, 0.1) is 6.04 Å². The molecule has 2 aromatic heterocycles. The highest BCUT2D eigenvalue weighted by molar-refractivity contribution is 5.90. The SMILES string of the molecule is Cc1ccc(C[C@H](NC(=O)[C@H]2CCCN2C)C(=O)NCc2cnc3[nH]ccc3c2)cc1. The van der Waals surface area contributed by atoms with Crippen molar-refractivity contribution < 1.29 is 9.59 Å². The van der Waals surface area contributed by atoms with Crippen LogP contribution in [0.1, 0.15) is 29.5 Å². The molecule has 2 atom stereocenters. The lowest BCUT2D eigenvalue weighted by molar-refractivity contribution is -0.131. The lowest BCUT2D eigenvalue weighted by Crippen LogP contribution is -2.52. The highest BCUT2D eigenvalue weighted by Crippen LogP contribution is 2.16. The van der Waals surface area contributed by atoms with Gasteiger partial charge in [0.15, 0.2) is 0 Å². The van der Waals surface area contributed by atoms with Crippen LogP contribution < -0.4 is 10.6 Å². The predicted molar refractivity (Wildman–Crippen MR) is 120 cm³/mol. The molecule has 0 bridgehead atoms. The maximum atomic E-state index is 13.1. The first-order valence-corrected chi connectivity index (χ1v) is 10.8. The van der Waals surface area contributed by atoms with Crippen LogP contribution in [-0.2, 0) is 22.6 Å². The number of benzene rings is 1. The zero-order chi connectivity index (χ0) is 21.8. The number of nitrogens with one attached hydrogen (secondary N) is 3. The Hall–Kier alpha value is -3.19. The summed E-state index contributed by atoms with van der Waals surface area (Å²) >= 11 is 0. The molecule has 1 saturated heterocycles. The van der Waals surface area contributed by atoms with Crippen LogP contribution in [0.15, 0.2) is 48.8 Å². The van der Waals surface area contributed by atoms with Gasteiger partial charge in [0.1, 0.15) is 11.7 Å². The van der Waals surface area contributed by atoms with Crippen LogP contribution in [0.4, 0.5) is 0 Å². The van der Waals surface area contributed by atoms with Gasteiger partial charge in [-0.2, -0.15) is 0 Å². The summed E-state index contributed by atoms with van der Waals surface area (Å²) in [7, 11) is 1.95. The van der Waals surface area contributed by atoms with Crippen molar-refractivity contribution in [2.75, 3.05) is 13.6 Å². The molecule has 7 heteroatoms. The van der Waals surface area contributed by atoms with Crippen molar-refractivity contribution >= 4 is 22.8 Å². The van der Waals surface area contributed by atoms with Crippen molar-refractivity contribution in [2.45, 2.75) is 44.8 Å². The number of aryl methyl sites for hydroxylation is 1. The Kier molecular flexibility index (Phi) is 6.32. The Balaban J connectivity index is 1.45. The number of hydrogen-bond acceptors (Lipinski definition) is 4. The second kappa shape index (κ2) is 9.31. The Labute approximate surface area is 182 Å². The molecular weight excluding hydrogens is 390 g/mol. The van der Waals surface area contributed by atoms with Crippen molar-refractivity contribution in [2.24, 2.45) is 0 Å². The zero-order valence-electron chi connectivity index (χ0n) is 18.0. The predicted octanol–water partition coefficient (Wildman–Crippen LogP) is 2.31. The number of carbonyl (C=O) groups is 2. The Morgan fingerprint density at radius 3 is 2.77 bits per heavy atom. The van der Waals surface area contributed by atoms with Gasteiger partial charge in [-0.3, -0.25) is 14.5 Å². The quantitative estimate of drug-likeness (QED) is 0.548. The molecule has 1 aromatic carbocycles. The summed E-state index contributed by atoms with van der Waals surface area (Å²) in [6.45, 7) is 3.29. The van der Waals surface area contributed by atoms with Crippen LogP contribution >= 0.6 is 0 Å². The molecule has 0 aliphatic carbocycles.